The number of likely N-dealkylation sites (tertiary alicyclic amines) is 1. The van der Waals surface area contributed by atoms with Crippen molar-refractivity contribution in [2.45, 2.75) is 50.4 Å². The average Bonchev–Trinajstić information content (AvgIpc) is 2.87. The Labute approximate surface area is 123 Å². The van der Waals surface area contributed by atoms with E-state index in [4.69, 9.17) is 5.14 Å². The van der Waals surface area contributed by atoms with Crippen molar-refractivity contribution in [3.8, 4) is 0 Å². The number of amides is 1. The Morgan fingerprint density at radius 1 is 1.24 bits per heavy atom. The third-order valence-corrected chi connectivity index (χ3v) is 5.41. The van der Waals surface area contributed by atoms with Gasteiger partial charge < -0.3 is 9.47 Å². The number of carbonyl (C=O) groups is 1. The average molecular weight is 313 g/mol. The number of hydrogen-bond donors (Lipinski definition) is 1. The minimum Gasteiger partial charge on any atom is -0.334 e. The van der Waals surface area contributed by atoms with E-state index in [1.54, 1.807) is 0 Å². The van der Waals surface area contributed by atoms with Crippen LogP contribution in [0.5, 0.6) is 0 Å². The molecular weight excluding hydrogens is 294 g/mol. The molecule has 9 heteroatoms. The number of aromatic nitrogens is 3. The van der Waals surface area contributed by atoms with Crippen LogP contribution in [-0.2, 0) is 34.3 Å². The van der Waals surface area contributed by atoms with E-state index in [1.165, 1.54) is 11.3 Å². The van der Waals surface area contributed by atoms with Crippen LogP contribution in [0.25, 0.3) is 0 Å². The monoisotopic (exact) mass is 313 g/mol. The lowest BCUT2D eigenvalue weighted by Crippen LogP contribution is -2.32. The molecule has 2 aliphatic heterocycles. The van der Waals surface area contributed by atoms with E-state index in [9.17, 15) is 13.2 Å². The highest BCUT2D eigenvalue weighted by molar-refractivity contribution is 7.89. The van der Waals surface area contributed by atoms with Crippen LogP contribution in [-0.4, -0.2) is 45.8 Å². The van der Waals surface area contributed by atoms with E-state index in [0.29, 0.717) is 6.54 Å². The molecule has 1 saturated heterocycles. The number of nitrogens with zero attached hydrogens (tertiary/aromatic N) is 4. The van der Waals surface area contributed by atoms with Crippen LogP contribution in [0.2, 0.25) is 0 Å². The third-order valence-electron chi connectivity index (χ3n) is 4.16. The summed E-state index contributed by atoms with van der Waals surface area (Å²) in [4.78, 5) is 13.5. The highest BCUT2D eigenvalue weighted by Crippen LogP contribution is 2.20. The number of nitrogens with two attached hydrogens (primary N) is 1. The zero-order valence-corrected chi connectivity index (χ0v) is 12.5. The third kappa shape index (κ3) is 2.93. The van der Waals surface area contributed by atoms with Gasteiger partial charge in [0.1, 0.15) is 11.1 Å². The predicted octanol–water partition coefficient (Wildman–Crippen LogP) is -0.606. The minimum atomic E-state index is -3.68. The molecule has 8 nitrogen and oxygen atoms in total. The van der Waals surface area contributed by atoms with Crippen molar-refractivity contribution < 1.29 is 13.2 Å². The largest absolute Gasteiger partial charge is 0.334 e. The number of primary sulfonamides is 1. The van der Waals surface area contributed by atoms with Crippen LogP contribution >= 0.6 is 0 Å². The maximum absolute atomic E-state index is 11.9. The number of rotatable bonds is 3. The van der Waals surface area contributed by atoms with Gasteiger partial charge in [-0.3, -0.25) is 4.79 Å². The van der Waals surface area contributed by atoms with Crippen LogP contribution in [0.3, 0.4) is 0 Å². The topological polar surface area (TPSA) is 111 Å². The van der Waals surface area contributed by atoms with Crippen molar-refractivity contribution in [1.82, 2.24) is 19.7 Å². The predicted molar refractivity (Wildman–Crippen MR) is 74.5 cm³/mol. The molecule has 0 spiro atoms. The zero-order chi connectivity index (χ0) is 15.0. The van der Waals surface area contributed by atoms with Gasteiger partial charge in [0.2, 0.25) is 15.9 Å². The van der Waals surface area contributed by atoms with Crippen LogP contribution in [0.4, 0.5) is 0 Å². The summed E-state index contributed by atoms with van der Waals surface area (Å²) in [7, 11) is -3.68. The van der Waals surface area contributed by atoms with Gasteiger partial charge in [0.25, 0.3) is 0 Å². The maximum Gasteiger partial charge on any atom is 0.224 e. The molecule has 0 radical (unpaired) electrons. The second-order valence-corrected chi connectivity index (χ2v) is 7.53. The van der Waals surface area contributed by atoms with E-state index in [0.717, 1.165) is 37.5 Å². The van der Waals surface area contributed by atoms with Crippen LogP contribution in [0, 0.1) is 0 Å². The normalized spacial score (nSPS) is 23.2. The summed E-state index contributed by atoms with van der Waals surface area (Å²) in [5.74, 6) is 1.49. The van der Waals surface area contributed by atoms with Gasteiger partial charge in [-0.15, -0.1) is 10.2 Å². The summed E-state index contributed by atoms with van der Waals surface area (Å²) in [6, 6.07) is 0. The lowest BCUT2D eigenvalue weighted by atomic mass is 10.2. The molecule has 2 N–H and O–H groups in total. The molecule has 1 atom stereocenters. The van der Waals surface area contributed by atoms with Gasteiger partial charge >= 0.3 is 0 Å². The van der Waals surface area contributed by atoms with E-state index in [1.807, 2.05) is 0 Å². The highest BCUT2D eigenvalue weighted by atomic mass is 32.2. The molecule has 1 fully saturated rings. The van der Waals surface area contributed by atoms with Gasteiger partial charge in [0.05, 0.1) is 6.54 Å². The van der Waals surface area contributed by atoms with Crippen molar-refractivity contribution in [3.63, 3.8) is 0 Å². The fourth-order valence-corrected chi connectivity index (χ4v) is 3.70. The van der Waals surface area contributed by atoms with Crippen molar-refractivity contribution in [2.24, 2.45) is 5.14 Å². The molecule has 3 rings (SSSR count). The first-order chi connectivity index (χ1) is 9.95. The van der Waals surface area contributed by atoms with E-state index in [-0.39, 0.29) is 18.9 Å². The fourth-order valence-electron chi connectivity index (χ4n) is 2.94. The Morgan fingerprint density at radius 2 is 2.05 bits per heavy atom. The SMILES string of the molecule is NS(=O)(=O)C1CC(=O)N(Cc2nnc3n2CCCCC3)C1. The molecule has 1 unspecified atom stereocenters. The number of fused-ring (bicyclic) bond motifs is 1. The molecule has 1 aromatic heterocycles. The Kier molecular flexibility index (Phi) is 3.70. The minimum absolute atomic E-state index is 0.0418. The van der Waals surface area contributed by atoms with Crippen LogP contribution in [0.15, 0.2) is 0 Å². The highest BCUT2D eigenvalue weighted by Gasteiger charge is 2.37. The van der Waals surface area contributed by atoms with Crippen LogP contribution in [0.1, 0.15) is 37.3 Å². The second-order valence-electron chi connectivity index (χ2n) is 5.68. The molecule has 0 aromatic carbocycles. The Balaban J connectivity index is 1.76. The summed E-state index contributed by atoms with van der Waals surface area (Å²) >= 11 is 0. The number of sulfonamides is 1. The van der Waals surface area contributed by atoms with Gasteiger partial charge in [-0.25, -0.2) is 13.6 Å². The molecule has 3 heterocycles. The Morgan fingerprint density at radius 3 is 2.76 bits per heavy atom. The standard InChI is InChI=1S/C12H19N5O3S/c13-21(19,20)9-6-12(18)16(7-9)8-11-15-14-10-4-2-1-3-5-17(10)11/h9H,1-8H2,(H2,13,19,20). The Hall–Kier alpha value is -1.48. The summed E-state index contributed by atoms with van der Waals surface area (Å²) in [5.41, 5.74) is 0. The molecule has 0 saturated carbocycles. The molecule has 1 aromatic rings. The molecule has 116 valence electrons. The fraction of sp³-hybridized carbons (Fsp3) is 0.750. The molecule has 1 amide bonds. The summed E-state index contributed by atoms with van der Waals surface area (Å²) in [5, 5.41) is 12.7. The first-order valence-corrected chi connectivity index (χ1v) is 8.76. The van der Waals surface area contributed by atoms with E-state index < -0.39 is 15.3 Å². The summed E-state index contributed by atoms with van der Waals surface area (Å²) in [6.07, 6.45) is 4.21. The Bertz CT molecular complexity index is 654. The first-order valence-electron chi connectivity index (χ1n) is 7.15. The van der Waals surface area contributed by atoms with Crippen molar-refractivity contribution in [3.05, 3.63) is 11.6 Å². The number of carbonyl (C=O) groups excluding carboxylic acids is 1. The first kappa shape index (κ1) is 14.5. The zero-order valence-electron chi connectivity index (χ0n) is 11.7. The summed E-state index contributed by atoms with van der Waals surface area (Å²) in [6.45, 7) is 1.30. The van der Waals surface area contributed by atoms with Gasteiger partial charge in [-0.1, -0.05) is 6.42 Å². The quantitative estimate of drug-likeness (QED) is 0.800. The van der Waals surface area contributed by atoms with Crippen molar-refractivity contribution >= 4 is 15.9 Å². The van der Waals surface area contributed by atoms with Gasteiger partial charge in [-0.05, 0) is 12.8 Å². The molecule has 0 bridgehead atoms. The van der Waals surface area contributed by atoms with Gasteiger partial charge in [0.15, 0.2) is 5.82 Å². The molecule has 0 aliphatic carbocycles. The van der Waals surface area contributed by atoms with E-state index >= 15 is 0 Å². The smallest absolute Gasteiger partial charge is 0.224 e. The van der Waals surface area contributed by atoms with Gasteiger partial charge in [-0.2, -0.15) is 0 Å². The lowest BCUT2D eigenvalue weighted by molar-refractivity contribution is -0.128. The maximum atomic E-state index is 11.9. The van der Waals surface area contributed by atoms with Crippen molar-refractivity contribution in [1.29, 1.82) is 0 Å². The van der Waals surface area contributed by atoms with Crippen LogP contribution < -0.4 is 5.14 Å². The molecule has 21 heavy (non-hydrogen) atoms. The van der Waals surface area contributed by atoms with E-state index in [2.05, 4.69) is 14.8 Å². The second kappa shape index (κ2) is 5.38. The number of aryl methyl sites for hydroxylation is 1. The van der Waals surface area contributed by atoms with Crippen molar-refractivity contribution in [2.75, 3.05) is 6.54 Å². The molecular formula is C12H19N5O3S. The molecule has 2 aliphatic rings. The van der Waals surface area contributed by atoms with Gasteiger partial charge in [0, 0.05) is 25.9 Å². The lowest BCUT2D eigenvalue weighted by Gasteiger charge is -2.16. The summed E-state index contributed by atoms with van der Waals surface area (Å²) < 4.78 is 24.8. The number of hydrogen-bond acceptors (Lipinski definition) is 5.